The summed E-state index contributed by atoms with van der Waals surface area (Å²) in [7, 11) is 0. The van der Waals surface area contributed by atoms with Crippen LogP contribution in [0, 0.1) is 0 Å². The Morgan fingerprint density at radius 2 is 1.55 bits per heavy atom. The summed E-state index contributed by atoms with van der Waals surface area (Å²) >= 11 is 1.72. The number of anilines is 3. The summed E-state index contributed by atoms with van der Waals surface area (Å²) in [6.45, 7) is 1.93. The van der Waals surface area contributed by atoms with Gasteiger partial charge in [-0.25, -0.2) is 0 Å². The minimum Gasteiger partial charge on any atom is -0.327 e. The van der Waals surface area contributed by atoms with Gasteiger partial charge in [0, 0.05) is 27.2 Å². The summed E-state index contributed by atoms with van der Waals surface area (Å²) in [5, 5.41) is 16.4. The van der Waals surface area contributed by atoms with Gasteiger partial charge < -0.3 is 10.2 Å². The van der Waals surface area contributed by atoms with Crippen molar-refractivity contribution in [1.82, 2.24) is 24.8 Å². The number of para-hydroxylation sites is 2. The van der Waals surface area contributed by atoms with Crippen LogP contribution >= 0.6 is 11.8 Å². The van der Waals surface area contributed by atoms with Gasteiger partial charge in [-0.15, -0.1) is 10.2 Å². The topological polar surface area (TPSA) is 88.3 Å². The summed E-state index contributed by atoms with van der Waals surface area (Å²) in [4.78, 5) is 22.4. The Balaban J connectivity index is 1.18. The highest BCUT2D eigenvalue weighted by molar-refractivity contribution is 7.99. The fourth-order valence-electron chi connectivity index (χ4n) is 4.87. The zero-order valence-electron chi connectivity index (χ0n) is 21.5. The van der Waals surface area contributed by atoms with Crippen LogP contribution in [-0.2, 0) is 4.79 Å². The van der Waals surface area contributed by atoms with E-state index < -0.39 is 6.04 Å². The van der Waals surface area contributed by atoms with Crippen LogP contribution in [0.2, 0.25) is 0 Å². The second kappa shape index (κ2) is 9.94. The molecule has 0 spiro atoms. The predicted octanol–water partition coefficient (Wildman–Crippen LogP) is 6.48. The lowest BCUT2D eigenvalue weighted by Crippen LogP contribution is -2.40. The summed E-state index contributed by atoms with van der Waals surface area (Å²) in [6, 6.07) is 33.0. The quantitative estimate of drug-likeness (QED) is 0.267. The Hall–Kier alpha value is -5.02. The van der Waals surface area contributed by atoms with Crippen molar-refractivity contribution in [2.24, 2.45) is 0 Å². The van der Waals surface area contributed by atoms with E-state index in [0.29, 0.717) is 22.9 Å². The van der Waals surface area contributed by atoms with Crippen molar-refractivity contribution in [3.63, 3.8) is 0 Å². The molecule has 0 saturated heterocycles. The van der Waals surface area contributed by atoms with E-state index in [1.165, 1.54) is 0 Å². The molecule has 3 aromatic heterocycles. The summed E-state index contributed by atoms with van der Waals surface area (Å²) in [5.41, 5.74) is 5.65. The van der Waals surface area contributed by atoms with Crippen LogP contribution in [0.25, 0.3) is 28.4 Å². The Labute approximate surface area is 234 Å². The van der Waals surface area contributed by atoms with E-state index in [1.807, 2.05) is 85.8 Å². The lowest BCUT2D eigenvalue weighted by Gasteiger charge is -2.36. The lowest BCUT2D eigenvalue weighted by molar-refractivity contribution is -0.117. The highest BCUT2D eigenvalue weighted by Crippen LogP contribution is 2.48. The third-order valence-electron chi connectivity index (χ3n) is 6.82. The highest BCUT2D eigenvalue weighted by Gasteiger charge is 2.30. The largest absolute Gasteiger partial charge is 0.327 e. The fraction of sp³-hybridized carbons (Fsp3) is 0.0645. The molecule has 1 aliphatic heterocycles. The third kappa shape index (κ3) is 4.26. The van der Waals surface area contributed by atoms with Gasteiger partial charge in [0.05, 0.1) is 17.1 Å². The maximum absolute atomic E-state index is 13.6. The molecule has 6 aromatic rings. The van der Waals surface area contributed by atoms with Gasteiger partial charge in [0.15, 0.2) is 5.65 Å². The summed E-state index contributed by atoms with van der Waals surface area (Å²) < 4.78 is 1.69. The number of aromatic nitrogens is 5. The third-order valence-corrected chi connectivity index (χ3v) is 7.95. The molecule has 8 nitrogen and oxygen atoms in total. The second-order valence-corrected chi connectivity index (χ2v) is 10.5. The molecule has 0 fully saturated rings. The second-order valence-electron chi connectivity index (χ2n) is 9.38. The predicted molar refractivity (Wildman–Crippen MR) is 157 cm³/mol. The average Bonchev–Trinajstić information content (AvgIpc) is 3.43. The Morgan fingerprint density at radius 1 is 0.800 bits per heavy atom. The summed E-state index contributed by atoms with van der Waals surface area (Å²) in [5.74, 6) is 0.462. The molecule has 1 amide bonds. The Morgan fingerprint density at radius 3 is 2.30 bits per heavy atom. The van der Waals surface area contributed by atoms with Crippen molar-refractivity contribution in [2.75, 3.05) is 10.2 Å². The normalized spacial score (nSPS) is 13.0. The van der Waals surface area contributed by atoms with Gasteiger partial charge in [-0.3, -0.25) is 9.78 Å². The molecule has 0 radical (unpaired) electrons. The van der Waals surface area contributed by atoms with E-state index in [2.05, 4.69) is 49.7 Å². The molecule has 0 saturated carbocycles. The van der Waals surface area contributed by atoms with Gasteiger partial charge in [-0.2, -0.15) is 9.61 Å². The van der Waals surface area contributed by atoms with Crippen LogP contribution in [0.4, 0.5) is 17.1 Å². The van der Waals surface area contributed by atoms with Crippen LogP contribution in [0.5, 0.6) is 0 Å². The molecule has 4 heterocycles. The van der Waals surface area contributed by atoms with Crippen LogP contribution in [0.1, 0.15) is 6.92 Å². The number of nitrogens with zero attached hydrogens (tertiary/aromatic N) is 6. The molecule has 1 atom stereocenters. The molecule has 1 N–H and O–H groups in total. The van der Waals surface area contributed by atoms with Gasteiger partial charge in [0.1, 0.15) is 11.7 Å². The molecular formula is C31H23N7OS. The minimum atomic E-state index is -0.445. The smallest absolute Gasteiger partial charge is 0.247 e. The first kappa shape index (κ1) is 24.1. The maximum atomic E-state index is 13.6. The highest BCUT2D eigenvalue weighted by atomic mass is 32.2. The zero-order valence-corrected chi connectivity index (χ0v) is 22.3. The number of hydrogen-bond donors (Lipinski definition) is 1. The Kier molecular flexibility index (Phi) is 5.98. The van der Waals surface area contributed by atoms with Crippen LogP contribution in [-0.4, -0.2) is 36.7 Å². The molecule has 1 unspecified atom stereocenters. The molecule has 194 valence electrons. The van der Waals surface area contributed by atoms with Crippen molar-refractivity contribution in [3.8, 4) is 22.8 Å². The van der Waals surface area contributed by atoms with E-state index in [-0.39, 0.29) is 5.91 Å². The monoisotopic (exact) mass is 541 g/mol. The van der Waals surface area contributed by atoms with E-state index in [0.717, 1.165) is 32.4 Å². The van der Waals surface area contributed by atoms with E-state index >= 15 is 0 Å². The SMILES string of the molecule is CC(C(=O)Nc1cccc(-c2ccc3nnc(-c4ccccn4)n3n2)c1)N1c2ccccc2Sc2ccccc21. The van der Waals surface area contributed by atoms with Crippen molar-refractivity contribution >= 4 is 40.4 Å². The number of carbonyl (C=O) groups excluding carboxylic acids is 1. The Bertz CT molecular complexity index is 1830. The number of rotatable bonds is 5. The molecule has 7 rings (SSSR count). The zero-order chi connectivity index (χ0) is 27.1. The average molecular weight is 542 g/mol. The fourth-order valence-corrected chi connectivity index (χ4v) is 5.94. The van der Waals surface area contributed by atoms with E-state index in [4.69, 9.17) is 5.10 Å². The first-order chi connectivity index (χ1) is 19.7. The van der Waals surface area contributed by atoms with Crippen LogP contribution in [0.15, 0.2) is 119 Å². The number of carbonyl (C=O) groups is 1. The van der Waals surface area contributed by atoms with Gasteiger partial charge in [0.25, 0.3) is 0 Å². The van der Waals surface area contributed by atoms with E-state index in [9.17, 15) is 4.79 Å². The molecule has 0 bridgehead atoms. The van der Waals surface area contributed by atoms with Gasteiger partial charge in [-0.1, -0.05) is 54.2 Å². The standard InChI is InChI=1S/C31H23N7OS/c1-20(37-25-12-2-4-14-27(25)40-28-15-5-3-13-26(28)37)31(39)33-22-10-8-9-21(19-22)23-16-17-29-34-35-30(38(29)36-23)24-11-6-7-18-32-24/h2-20H,1H3,(H,33,39). The molecule has 1 aliphatic rings. The molecule has 9 heteroatoms. The molecular weight excluding hydrogens is 518 g/mol. The van der Waals surface area contributed by atoms with Crippen LogP contribution < -0.4 is 10.2 Å². The molecule has 40 heavy (non-hydrogen) atoms. The lowest BCUT2D eigenvalue weighted by atomic mass is 10.1. The number of amides is 1. The van der Waals surface area contributed by atoms with Crippen molar-refractivity contribution in [2.45, 2.75) is 22.8 Å². The number of nitrogens with one attached hydrogen (secondary N) is 1. The number of benzene rings is 3. The van der Waals surface area contributed by atoms with Crippen molar-refractivity contribution in [3.05, 3.63) is 109 Å². The van der Waals surface area contributed by atoms with E-state index in [1.54, 1.807) is 22.5 Å². The maximum Gasteiger partial charge on any atom is 0.247 e. The first-order valence-corrected chi connectivity index (χ1v) is 13.7. The van der Waals surface area contributed by atoms with Crippen molar-refractivity contribution < 1.29 is 4.79 Å². The number of fused-ring (bicyclic) bond motifs is 3. The molecule has 3 aromatic carbocycles. The number of pyridine rings is 1. The first-order valence-electron chi connectivity index (χ1n) is 12.9. The summed E-state index contributed by atoms with van der Waals surface area (Å²) in [6.07, 6.45) is 1.72. The van der Waals surface area contributed by atoms with Gasteiger partial charge in [-0.05, 0) is 67.6 Å². The molecule has 0 aliphatic carbocycles. The minimum absolute atomic E-state index is 0.103. The van der Waals surface area contributed by atoms with Gasteiger partial charge >= 0.3 is 0 Å². The number of hydrogen-bond acceptors (Lipinski definition) is 7. The van der Waals surface area contributed by atoms with Crippen molar-refractivity contribution in [1.29, 1.82) is 0 Å². The van der Waals surface area contributed by atoms with Gasteiger partial charge in [0.2, 0.25) is 11.7 Å². The van der Waals surface area contributed by atoms with Crippen LogP contribution in [0.3, 0.4) is 0 Å².